The van der Waals surface area contributed by atoms with Gasteiger partial charge in [-0.3, -0.25) is 0 Å². The Morgan fingerprint density at radius 1 is 1.25 bits per heavy atom. The predicted molar refractivity (Wildman–Crippen MR) is 67.8 cm³/mol. The Morgan fingerprint density at radius 2 is 1.90 bits per heavy atom. The molecule has 0 atom stereocenters. The normalized spacial score (nSPS) is 17.6. The van der Waals surface area contributed by atoms with E-state index in [0.29, 0.717) is 6.07 Å². The molecule has 0 fully saturated rings. The van der Waals surface area contributed by atoms with E-state index in [1.54, 1.807) is 13.8 Å². The minimum absolute atomic E-state index is 0.0722. The third-order valence-electron chi connectivity index (χ3n) is 2.79. The predicted octanol–water partition coefficient (Wildman–Crippen LogP) is 0.941. The molecule has 0 spiro atoms. The van der Waals surface area contributed by atoms with Crippen molar-refractivity contribution < 1.29 is 28.0 Å². The molecule has 0 aromatic heterocycles. The lowest BCUT2D eigenvalue weighted by Gasteiger charge is -2.11. The first-order valence-electron chi connectivity index (χ1n) is 5.90. The molecule has 108 valence electrons. The van der Waals surface area contributed by atoms with Crippen LogP contribution in [0.3, 0.4) is 0 Å². The second kappa shape index (κ2) is 4.78. The van der Waals surface area contributed by atoms with Crippen molar-refractivity contribution in [2.45, 2.75) is 25.6 Å². The van der Waals surface area contributed by atoms with Crippen LogP contribution >= 0.6 is 0 Å². The summed E-state index contributed by atoms with van der Waals surface area (Å²) in [7, 11) is -1.99. The summed E-state index contributed by atoms with van der Waals surface area (Å²) < 4.78 is 43.7. The topological polar surface area (TPSA) is 62.0 Å². The Kier molecular flexibility index (Phi) is 3.55. The smallest absolute Gasteiger partial charge is 0.475 e. The van der Waals surface area contributed by atoms with Gasteiger partial charge in [0.2, 0.25) is 5.90 Å². The van der Waals surface area contributed by atoms with Crippen LogP contribution in [0, 0.1) is 0 Å². The lowest BCUT2D eigenvalue weighted by Crippen LogP contribution is -2.32. The van der Waals surface area contributed by atoms with E-state index in [1.165, 1.54) is 6.07 Å². The van der Waals surface area contributed by atoms with Gasteiger partial charge in [-0.05, 0) is 31.4 Å². The average molecular weight is 287 g/mol. The summed E-state index contributed by atoms with van der Waals surface area (Å²) >= 11 is 0. The number of hydrogen-bond donors (Lipinski definition) is 2. The van der Waals surface area contributed by atoms with E-state index in [9.17, 15) is 13.2 Å². The molecule has 0 radical (unpaired) electrons. The largest absolute Gasteiger partial charge is 0.488 e. The molecule has 1 heterocycles. The van der Waals surface area contributed by atoms with Crippen molar-refractivity contribution in [1.29, 1.82) is 0 Å². The van der Waals surface area contributed by atoms with E-state index in [0.717, 1.165) is 6.07 Å². The molecular formula is C12H13BF3NO3. The molecule has 0 bridgehead atoms. The molecule has 0 unspecified atom stereocenters. The van der Waals surface area contributed by atoms with Crippen LogP contribution in [0.1, 0.15) is 25.0 Å². The van der Waals surface area contributed by atoms with Gasteiger partial charge in [-0.1, -0.05) is 6.07 Å². The van der Waals surface area contributed by atoms with Gasteiger partial charge in [0, 0.05) is 5.56 Å². The van der Waals surface area contributed by atoms with Gasteiger partial charge in [0.1, 0.15) is 6.61 Å². The zero-order valence-corrected chi connectivity index (χ0v) is 10.9. The Morgan fingerprint density at radius 3 is 2.35 bits per heavy atom. The van der Waals surface area contributed by atoms with Crippen molar-refractivity contribution in [1.82, 2.24) is 0 Å². The van der Waals surface area contributed by atoms with Gasteiger partial charge in [0.25, 0.3) is 0 Å². The van der Waals surface area contributed by atoms with Crippen molar-refractivity contribution >= 4 is 18.5 Å². The fourth-order valence-corrected chi connectivity index (χ4v) is 1.82. The number of hydrogen-bond acceptors (Lipinski definition) is 4. The van der Waals surface area contributed by atoms with E-state index < -0.39 is 24.4 Å². The van der Waals surface area contributed by atoms with E-state index >= 15 is 0 Å². The standard InChI is InChI=1S/C12H13BF3NO3/c1-11(2)6-20-10(17-11)7-3-8(12(14,15)16)5-9(4-7)13(18)19/h3-5,18-19H,6H2,1-2H3. The summed E-state index contributed by atoms with van der Waals surface area (Å²) in [4.78, 5) is 4.18. The maximum absolute atomic E-state index is 12.8. The SMILES string of the molecule is CC1(C)COC(c2cc(B(O)O)cc(C(F)(F)F)c2)=N1. The van der Waals surface area contributed by atoms with Crippen LogP contribution < -0.4 is 5.46 Å². The highest BCUT2D eigenvalue weighted by atomic mass is 19.4. The summed E-state index contributed by atoms with van der Waals surface area (Å²) in [6.07, 6.45) is -4.59. The van der Waals surface area contributed by atoms with E-state index in [-0.39, 0.29) is 23.5 Å². The van der Waals surface area contributed by atoms with Gasteiger partial charge < -0.3 is 14.8 Å². The van der Waals surface area contributed by atoms with Crippen molar-refractivity contribution in [3.05, 3.63) is 29.3 Å². The highest BCUT2D eigenvalue weighted by molar-refractivity contribution is 6.58. The molecule has 1 aromatic rings. The Labute approximate surface area is 114 Å². The van der Waals surface area contributed by atoms with Crippen LogP contribution in [0.25, 0.3) is 0 Å². The zero-order valence-electron chi connectivity index (χ0n) is 10.9. The zero-order chi connectivity index (χ0) is 15.1. The molecule has 2 N–H and O–H groups in total. The molecule has 0 saturated heterocycles. The number of ether oxygens (including phenoxy) is 1. The van der Waals surface area contributed by atoms with Gasteiger partial charge in [-0.25, -0.2) is 4.99 Å². The first kappa shape index (κ1) is 14.9. The number of benzene rings is 1. The summed E-state index contributed by atoms with van der Waals surface area (Å²) in [6, 6.07) is 2.79. The first-order chi connectivity index (χ1) is 9.08. The summed E-state index contributed by atoms with van der Waals surface area (Å²) in [5, 5.41) is 18.2. The Hall–Kier alpha value is -1.54. The number of halogens is 3. The van der Waals surface area contributed by atoms with Crippen LogP contribution in [0.4, 0.5) is 13.2 Å². The van der Waals surface area contributed by atoms with Crippen molar-refractivity contribution in [2.24, 2.45) is 4.99 Å². The second-order valence-corrected chi connectivity index (χ2v) is 5.23. The molecule has 1 aliphatic rings. The summed E-state index contributed by atoms with van der Waals surface area (Å²) in [6.45, 7) is 3.83. The van der Waals surface area contributed by atoms with Gasteiger partial charge in [-0.2, -0.15) is 13.2 Å². The Balaban J connectivity index is 2.51. The third-order valence-corrected chi connectivity index (χ3v) is 2.79. The van der Waals surface area contributed by atoms with Crippen LogP contribution in [0.2, 0.25) is 0 Å². The minimum atomic E-state index is -4.59. The molecule has 1 aromatic carbocycles. The van der Waals surface area contributed by atoms with Gasteiger partial charge in [0.05, 0.1) is 11.1 Å². The van der Waals surface area contributed by atoms with Crippen LogP contribution in [-0.4, -0.2) is 35.2 Å². The lowest BCUT2D eigenvalue weighted by atomic mass is 9.78. The second-order valence-electron chi connectivity index (χ2n) is 5.23. The first-order valence-corrected chi connectivity index (χ1v) is 5.90. The van der Waals surface area contributed by atoms with Gasteiger partial charge in [0.15, 0.2) is 0 Å². The molecule has 1 aliphatic heterocycles. The maximum Gasteiger partial charge on any atom is 0.488 e. The van der Waals surface area contributed by atoms with Gasteiger partial charge >= 0.3 is 13.3 Å². The van der Waals surface area contributed by atoms with Crippen molar-refractivity contribution in [3.63, 3.8) is 0 Å². The Bertz CT molecular complexity index is 555. The summed E-state index contributed by atoms with van der Waals surface area (Å²) in [5.41, 5.74) is -1.67. The highest BCUT2D eigenvalue weighted by Crippen LogP contribution is 2.30. The molecule has 0 amide bonds. The third kappa shape index (κ3) is 3.13. The number of aliphatic imine (C=N–C) groups is 1. The minimum Gasteiger partial charge on any atom is -0.475 e. The molecular weight excluding hydrogens is 274 g/mol. The van der Waals surface area contributed by atoms with E-state index in [4.69, 9.17) is 14.8 Å². The maximum atomic E-state index is 12.8. The van der Waals surface area contributed by atoms with Crippen LogP contribution in [-0.2, 0) is 10.9 Å². The number of nitrogens with zero attached hydrogens (tertiary/aromatic N) is 1. The molecule has 4 nitrogen and oxygen atoms in total. The van der Waals surface area contributed by atoms with Crippen LogP contribution in [0.15, 0.2) is 23.2 Å². The molecule has 8 heteroatoms. The quantitative estimate of drug-likeness (QED) is 0.796. The van der Waals surface area contributed by atoms with E-state index in [1.807, 2.05) is 0 Å². The van der Waals surface area contributed by atoms with Crippen molar-refractivity contribution in [2.75, 3.05) is 6.61 Å². The monoisotopic (exact) mass is 287 g/mol. The lowest BCUT2D eigenvalue weighted by molar-refractivity contribution is -0.137. The van der Waals surface area contributed by atoms with Crippen molar-refractivity contribution in [3.8, 4) is 0 Å². The van der Waals surface area contributed by atoms with Gasteiger partial charge in [-0.15, -0.1) is 0 Å². The average Bonchev–Trinajstić information content (AvgIpc) is 2.68. The molecule has 0 saturated carbocycles. The fourth-order valence-electron chi connectivity index (χ4n) is 1.82. The highest BCUT2D eigenvalue weighted by Gasteiger charge is 2.34. The molecule has 2 rings (SSSR count). The molecule has 0 aliphatic carbocycles. The molecule has 20 heavy (non-hydrogen) atoms. The van der Waals surface area contributed by atoms with E-state index in [2.05, 4.69) is 4.99 Å². The van der Waals surface area contributed by atoms with Crippen LogP contribution in [0.5, 0.6) is 0 Å². The summed E-state index contributed by atoms with van der Waals surface area (Å²) in [5.74, 6) is 0.0722. The fraction of sp³-hybridized carbons (Fsp3) is 0.417. The number of alkyl halides is 3. The number of rotatable bonds is 2.